The fourth-order valence-corrected chi connectivity index (χ4v) is 4.22. The van der Waals surface area contributed by atoms with Crippen LogP contribution in [0.2, 0.25) is 0 Å². The van der Waals surface area contributed by atoms with Crippen molar-refractivity contribution in [3.8, 4) is 22.5 Å². The molecule has 0 atom stereocenters. The number of rotatable bonds is 6. The summed E-state index contributed by atoms with van der Waals surface area (Å²) in [5.41, 5.74) is 2.65. The number of benzene rings is 2. The Morgan fingerprint density at radius 1 is 0.733 bits per heavy atom. The Kier molecular flexibility index (Phi) is 5.36. The molecule has 2 aromatic carbocycles. The van der Waals surface area contributed by atoms with Crippen molar-refractivity contribution in [1.82, 2.24) is 9.97 Å². The maximum absolute atomic E-state index is 13.3. The lowest BCUT2D eigenvalue weighted by Crippen LogP contribution is -2.30. The van der Waals surface area contributed by atoms with Gasteiger partial charge in [0, 0.05) is 6.20 Å². The van der Waals surface area contributed by atoms with Gasteiger partial charge in [0.05, 0.1) is 17.1 Å². The number of amides is 1. The van der Waals surface area contributed by atoms with Gasteiger partial charge in [0.15, 0.2) is 5.03 Å². The highest BCUT2D eigenvalue weighted by molar-refractivity contribution is 7.93. The molecule has 7 heteroatoms. The number of hydrogen-bond acceptors (Lipinski definition) is 5. The van der Waals surface area contributed by atoms with Crippen molar-refractivity contribution in [3.05, 3.63) is 97.2 Å². The second-order valence-electron chi connectivity index (χ2n) is 6.40. The van der Waals surface area contributed by atoms with Gasteiger partial charge in [0.25, 0.3) is 10.0 Å². The molecule has 0 spiro atoms. The molecule has 6 nitrogen and oxygen atoms in total. The van der Waals surface area contributed by atoms with E-state index in [4.69, 9.17) is 0 Å². The zero-order chi connectivity index (χ0) is 21.0. The molecule has 4 rings (SSSR count). The van der Waals surface area contributed by atoms with E-state index in [0.29, 0.717) is 21.3 Å². The Morgan fingerprint density at radius 2 is 1.40 bits per heavy atom. The van der Waals surface area contributed by atoms with E-state index in [1.165, 1.54) is 6.07 Å². The summed E-state index contributed by atoms with van der Waals surface area (Å²) in [6, 6.07) is 26.1. The van der Waals surface area contributed by atoms with Crippen molar-refractivity contribution in [2.45, 2.75) is 5.03 Å². The number of carbonyl (C=O) groups is 1. The first-order chi connectivity index (χ1) is 14.6. The number of hydrogen-bond donors (Lipinski definition) is 0. The first-order valence-electron chi connectivity index (χ1n) is 9.13. The number of nitrogens with zero attached hydrogens (tertiary/aromatic N) is 3. The lowest BCUT2D eigenvalue weighted by atomic mass is 10.1. The topological polar surface area (TPSA) is 80.2 Å². The fraction of sp³-hybridized carbons (Fsp3) is 0. The second kappa shape index (κ2) is 8.26. The molecule has 1 amide bonds. The highest BCUT2D eigenvalue weighted by Crippen LogP contribution is 2.29. The van der Waals surface area contributed by atoms with Crippen molar-refractivity contribution >= 4 is 22.1 Å². The Bertz CT molecular complexity index is 1210. The fourth-order valence-electron chi connectivity index (χ4n) is 3.01. The van der Waals surface area contributed by atoms with Crippen LogP contribution in [-0.2, 0) is 14.8 Å². The molecule has 0 aliphatic heterocycles. The van der Waals surface area contributed by atoms with Crippen LogP contribution in [0.5, 0.6) is 0 Å². The predicted molar refractivity (Wildman–Crippen MR) is 115 cm³/mol. The van der Waals surface area contributed by atoms with E-state index in [0.717, 1.165) is 5.56 Å². The third kappa shape index (κ3) is 3.83. The summed E-state index contributed by atoms with van der Waals surface area (Å²) in [7, 11) is -4.24. The van der Waals surface area contributed by atoms with Gasteiger partial charge in [0.1, 0.15) is 0 Å². The molecule has 4 aromatic rings. The van der Waals surface area contributed by atoms with E-state index < -0.39 is 10.0 Å². The third-order valence-electron chi connectivity index (χ3n) is 4.47. The number of para-hydroxylation sites is 1. The highest BCUT2D eigenvalue weighted by Gasteiger charge is 2.27. The van der Waals surface area contributed by atoms with Crippen molar-refractivity contribution in [2.75, 3.05) is 4.31 Å². The first kappa shape index (κ1) is 19.5. The monoisotopic (exact) mass is 415 g/mol. The number of pyridine rings is 2. The summed E-state index contributed by atoms with van der Waals surface area (Å²) in [6.45, 7) is 0. The van der Waals surface area contributed by atoms with Crippen LogP contribution in [0.25, 0.3) is 22.5 Å². The van der Waals surface area contributed by atoms with E-state index >= 15 is 0 Å². The van der Waals surface area contributed by atoms with E-state index in [9.17, 15) is 13.2 Å². The van der Waals surface area contributed by atoms with E-state index in [2.05, 4.69) is 9.97 Å². The summed E-state index contributed by atoms with van der Waals surface area (Å²) in [6.07, 6.45) is 1.89. The Hall–Kier alpha value is -3.84. The molecule has 2 heterocycles. The first-order valence-corrected chi connectivity index (χ1v) is 10.6. The second-order valence-corrected chi connectivity index (χ2v) is 8.16. The average molecular weight is 415 g/mol. The van der Waals surface area contributed by atoms with E-state index in [1.54, 1.807) is 60.8 Å². The molecule has 0 fully saturated rings. The summed E-state index contributed by atoms with van der Waals surface area (Å²) < 4.78 is 27.4. The van der Waals surface area contributed by atoms with Crippen molar-refractivity contribution in [3.63, 3.8) is 0 Å². The molecule has 0 aliphatic carbocycles. The van der Waals surface area contributed by atoms with Crippen LogP contribution in [0.15, 0.2) is 102 Å². The highest BCUT2D eigenvalue weighted by atomic mass is 32.2. The molecule has 0 saturated carbocycles. The zero-order valence-electron chi connectivity index (χ0n) is 15.8. The molecule has 30 heavy (non-hydrogen) atoms. The Balaban J connectivity index is 1.91. The van der Waals surface area contributed by atoms with Crippen LogP contribution in [-0.4, -0.2) is 24.8 Å². The van der Waals surface area contributed by atoms with Gasteiger partial charge in [-0.2, -0.15) is 8.42 Å². The third-order valence-corrected chi connectivity index (χ3v) is 6.02. The number of aromatic nitrogens is 2. The Labute approximate surface area is 174 Å². The minimum atomic E-state index is -4.24. The van der Waals surface area contributed by atoms with Gasteiger partial charge in [-0.15, -0.1) is 0 Å². The summed E-state index contributed by atoms with van der Waals surface area (Å²) in [4.78, 5) is 20.4. The smallest absolute Gasteiger partial charge is 0.277 e. The average Bonchev–Trinajstić information content (AvgIpc) is 2.81. The molecule has 0 saturated heterocycles. The molecule has 0 N–H and O–H groups in total. The standard InChI is InChI=1S/C23H17N3O3S/c27-17-26(20-11-5-2-6-12-20)30(28,29)23-16-19(18-9-3-1-4-10-18)15-22(25-23)21-13-7-8-14-24-21/h1-17H. The largest absolute Gasteiger partial charge is 0.288 e. The van der Waals surface area contributed by atoms with Crippen LogP contribution in [0.1, 0.15) is 0 Å². The van der Waals surface area contributed by atoms with Crippen LogP contribution >= 0.6 is 0 Å². The lowest BCUT2D eigenvalue weighted by molar-refractivity contribution is -0.106. The normalized spacial score (nSPS) is 11.1. The SMILES string of the molecule is O=CN(c1ccccc1)S(=O)(=O)c1cc(-c2ccccc2)cc(-c2ccccn2)n1. The van der Waals surface area contributed by atoms with Crippen LogP contribution in [0.4, 0.5) is 5.69 Å². The zero-order valence-corrected chi connectivity index (χ0v) is 16.6. The maximum atomic E-state index is 13.3. The van der Waals surface area contributed by atoms with Crippen LogP contribution in [0.3, 0.4) is 0 Å². The molecule has 0 aliphatic rings. The summed E-state index contributed by atoms with van der Waals surface area (Å²) in [5.74, 6) is 0. The van der Waals surface area contributed by atoms with E-state index in [-0.39, 0.29) is 17.1 Å². The molecule has 0 unspecified atom stereocenters. The van der Waals surface area contributed by atoms with Crippen LogP contribution in [0, 0.1) is 0 Å². The molecular weight excluding hydrogens is 398 g/mol. The van der Waals surface area contributed by atoms with Crippen LogP contribution < -0.4 is 4.31 Å². The predicted octanol–water partition coefficient (Wildman–Crippen LogP) is 4.16. The van der Waals surface area contributed by atoms with Crippen molar-refractivity contribution in [1.29, 1.82) is 0 Å². The van der Waals surface area contributed by atoms with Gasteiger partial charge < -0.3 is 0 Å². The molecular formula is C23H17N3O3S. The lowest BCUT2D eigenvalue weighted by Gasteiger charge is -2.18. The van der Waals surface area contributed by atoms with Crippen molar-refractivity contribution < 1.29 is 13.2 Å². The number of carbonyl (C=O) groups excluding carboxylic acids is 1. The van der Waals surface area contributed by atoms with Crippen molar-refractivity contribution in [2.24, 2.45) is 0 Å². The number of anilines is 1. The van der Waals surface area contributed by atoms with Gasteiger partial charge >= 0.3 is 0 Å². The number of sulfonamides is 1. The molecule has 2 aromatic heterocycles. The van der Waals surface area contributed by atoms with E-state index in [1.807, 2.05) is 30.3 Å². The van der Waals surface area contributed by atoms with Gasteiger partial charge in [0.2, 0.25) is 6.41 Å². The van der Waals surface area contributed by atoms with Gasteiger partial charge in [-0.05, 0) is 47.5 Å². The quantitative estimate of drug-likeness (QED) is 0.442. The van der Waals surface area contributed by atoms with Gasteiger partial charge in [-0.1, -0.05) is 54.6 Å². The molecule has 0 bridgehead atoms. The molecule has 148 valence electrons. The van der Waals surface area contributed by atoms with Gasteiger partial charge in [-0.3, -0.25) is 9.78 Å². The Morgan fingerprint density at radius 3 is 2.03 bits per heavy atom. The summed E-state index contributed by atoms with van der Waals surface area (Å²) in [5, 5.41) is -0.236. The minimum Gasteiger partial charge on any atom is -0.277 e. The molecule has 0 radical (unpaired) electrons. The maximum Gasteiger partial charge on any atom is 0.288 e. The minimum absolute atomic E-state index is 0.235. The van der Waals surface area contributed by atoms with Gasteiger partial charge in [-0.25, -0.2) is 9.29 Å². The summed E-state index contributed by atoms with van der Waals surface area (Å²) >= 11 is 0.